The maximum Gasteiger partial charge on any atom is 0.231 e. The molecule has 0 saturated heterocycles. The number of fused-ring (bicyclic) bond motifs is 1. The Hall–Kier alpha value is -1.55. The Bertz CT molecular complexity index is 428. The SMILES string of the molecule is CCC(C)C(=O)COCc1ccc2c(c1)OCO2. The second-order valence-electron chi connectivity index (χ2n) is 4.46. The number of rotatable bonds is 6. The molecule has 18 heavy (non-hydrogen) atoms. The highest BCUT2D eigenvalue weighted by molar-refractivity contribution is 5.81. The van der Waals surface area contributed by atoms with Crippen molar-refractivity contribution in [2.75, 3.05) is 13.4 Å². The van der Waals surface area contributed by atoms with E-state index in [-0.39, 0.29) is 25.1 Å². The van der Waals surface area contributed by atoms with Crippen LogP contribution in [0.1, 0.15) is 25.8 Å². The van der Waals surface area contributed by atoms with Crippen LogP contribution in [-0.2, 0) is 16.1 Å². The van der Waals surface area contributed by atoms with Gasteiger partial charge in [0.1, 0.15) is 6.61 Å². The topological polar surface area (TPSA) is 44.8 Å². The molecule has 0 radical (unpaired) electrons. The van der Waals surface area contributed by atoms with E-state index in [1.807, 2.05) is 32.0 Å². The summed E-state index contributed by atoms with van der Waals surface area (Å²) >= 11 is 0. The Balaban J connectivity index is 1.82. The second kappa shape index (κ2) is 5.87. The van der Waals surface area contributed by atoms with E-state index in [4.69, 9.17) is 14.2 Å². The summed E-state index contributed by atoms with van der Waals surface area (Å²) in [7, 11) is 0. The molecule has 0 aliphatic carbocycles. The molecule has 0 amide bonds. The van der Waals surface area contributed by atoms with E-state index >= 15 is 0 Å². The van der Waals surface area contributed by atoms with Crippen LogP contribution in [0, 0.1) is 5.92 Å². The average Bonchev–Trinajstić information content (AvgIpc) is 2.85. The third-order valence-corrected chi connectivity index (χ3v) is 3.11. The third-order valence-electron chi connectivity index (χ3n) is 3.11. The molecule has 0 bridgehead atoms. The molecular weight excluding hydrogens is 232 g/mol. The van der Waals surface area contributed by atoms with Gasteiger partial charge < -0.3 is 14.2 Å². The quantitative estimate of drug-likeness (QED) is 0.778. The van der Waals surface area contributed by atoms with Gasteiger partial charge in [0.15, 0.2) is 17.3 Å². The number of benzene rings is 1. The Morgan fingerprint density at radius 1 is 1.39 bits per heavy atom. The number of carbonyl (C=O) groups excluding carboxylic acids is 1. The van der Waals surface area contributed by atoms with Crippen molar-refractivity contribution >= 4 is 5.78 Å². The summed E-state index contributed by atoms with van der Waals surface area (Å²) in [6.07, 6.45) is 0.853. The number of ketones is 1. The van der Waals surface area contributed by atoms with E-state index in [9.17, 15) is 4.79 Å². The lowest BCUT2D eigenvalue weighted by Crippen LogP contribution is -2.16. The lowest BCUT2D eigenvalue weighted by atomic mass is 10.0. The normalized spacial score (nSPS) is 14.6. The van der Waals surface area contributed by atoms with Crippen molar-refractivity contribution in [1.82, 2.24) is 0 Å². The molecule has 1 aromatic rings. The lowest BCUT2D eigenvalue weighted by molar-refractivity contribution is -0.127. The smallest absolute Gasteiger partial charge is 0.231 e. The van der Waals surface area contributed by atoms with Crippen molar-refractivity contribution in [2.24, 2.45) is 5.92 Å². The fourth-order valence-electron chi connectivity index (χ4n) is 1.67. The highest BCUT2D eigenvalue weighted by atomic mass is 16.7. The van der Waals surface area contributed by atoms with Gasteiger partial charge in [-0.05, 0) is 24.1 Å². The van der Waals surface area contributed by atoms with Crippen molar-refractivity contribution < 1.29 is 19.0 Å². The van der Waals surface area contributed by atoms with Gasteiger partial charge in [-0.3, -0.25) is 4.79 Å². The summed E-state index contributed by atoms with van der Waals surface area (Å²) in [5.41, 5.74) is 0.983. The van der Waals surface area contributed by atoms with Crippen LogP contribution < -0.4 is 9.47 Å². The summed E-state index contributed by atoms with van der Waals surface area (Å²) in [6, 6.07) is 5.66. The molecule has 2 rings (SSSR count). The molecule has 4 nitrogen and oxygen atoms in total. The molecule has 1 aliphatic rings. The number of Topliss-reactive ketones (excluding diaryl/α,β-unsaturated/α-hetero) is 1. The minimum absolute atomic E-state index is 0.0711. The number of hydrogen-bond acceptors (Lipinski definition) is 4. The van der Waals surface area contributed by atoms with Crippen LogP contribution >= 0.6 is 0 Å². The van der Waals surface area contributed by atoms with Gasteiger partial charge in [-0.15, -0.1) is 0 Å². The Morgan fingerprint density at radius 2 is 2.17 bits per heavy atom. The zero-order valence-corrected chi connectivity index (χ0v) is 10.8. The van der Waals surface area contributed by atoms with E-state index in [1.54, 1.807) is 0 Å². The van der Waals surface area contributed by atoms with Crippen LogP contribution in [0.3, 0.4) is 0 Å². The first-order valence-electron chi connectivity index (χ1n) is 6.19. The van der Waals surface area contributed by atoms with Gasteiger partial charge in [-0.2, -0.15) is 0 Å². The van der Waals surface area contributed by atoms with Crippen molar-refractivity contribution in [2.45, 2.75) is 26.9 Å². The van der Waals surface area contributed by atoms with Crippen LogP contribution in [-0.4, -0.2) is 19.2 Å². The molecular formula is C14H18O4. The first kappa shape index (κ1) is 12.9. The van der Waals surface area contributed by atoms with Gasteiger partial charge in [-0.25, -0.2) is 0 Å². The van der Waals surface area contributed by atoms with Gasteiger partial charge in [0, 0.05) is 5.92 Å². The summed E-state index contributed by atoms with van der Waals surface area (Å²) in [4.78, 5) is 11.6. The van der Waals surface area contributed by atoms with Crippen molar-refractivity contribution in [3.8, 4) is 11.5 Å². The fourth-order valence-corrected chi connectivity index (χ4v) is 1.67. The maximum absolute atomic E-state index is 11.6. The van der Waals surface area contributed by atoms with E-state index in [1.165, 1.54) is 0 Å². The second-order valence-corrected chi connectivity index (χ2v) is 4.46. The van der Waals surface area contributed by atoms with Gasteiger partial charge in [-0.1, -0.05) is 19.9 Å². The van der Waals surface area contributed by atoms with Crippen LogP contribution in [0.25, 0.3) is 0 Å². The molecule has 1 aliphatic heterocycles. The summed E-state index contributed by atoms with van der Waals surface area (Å²) < 4.78 is 15.9. The summed E-state index contributed by atoms with van der Waals surface area (Å²) in [5, 5.41) is 0. The summed E-state index contributed by atoms with van der Waals surface area (Å²) in [6.45, 7) is 4.78. The molecule has 98 valence electrons. The average molecular weight is 250 g/mol. The monoisotopic (exact) mass is 250 g/mol. The first-order valence-corrected chi connectivity index (χ1v) is 6.19. The van der Waals surface area contributed by atoms with Crippen LogP contribution in [0.4, 0.5) is 0 Å². The van der Waals surface area contributed by atoms with Crippen LogP contribution in [0.15, 0.2) is 18.2 Å². The highest BCUT2D eigenvalue weighted by Gasteiger charge is 2.14. The number of carbonyl (C=O) groups is 1. The largest absolute Gasteiger partial charge is 0.454 e. The number of ether oxygens (including phenoxy) is 3. The van der Waals surface area contributed by atoms with Gasteiger partial charge in [0.05, 0.1) is 6.61 Å². The van der Waals surface area contributed by atoms with Crippen molar-refractivity contribution in [3.63, 3.8) is 0 Å². The molecule has 1 unspecified atom stereocenters. The first-order chi connectivity index (χ1) is 8.70. The molecule has 1 heterocycles. The zero-order valence-electron chi connectivity index (χ0n) is 10.8. The van der Waals surface area contributed by atoms with Gasteiger partial charge in [0.2, 0.25) is 6.79 Å². The Labute approximate surface area is 107 Å². The number of hydrogen-bond donors (Lipinski definition) is 0. The molecule has 0 fully saturated rings. The molecule has 0 spiro atoms. The van der Waals surface area contributed by atoms with Crippen molar-refractivity contribution in [3.05, 3.63) is 23.8 Å². The Morgan fingerprint density at radius 3 is 2.94 bits per heavy atom. The molecule has 0 aromatic heterocycles. The fraction of sp³-hybridized carbons (Fsp3) is 0.500. The molecule has 1 atom stereocenters. The van der Waals surface area contributed by atoms with E-state index in [2.05, 4.69) is 0 Å². The maximum atomic E-state index is 11.6. The highest BCUT2D eigenvalue weighted by Crippen LogP contribution is 2.32. The van der Waals surface area contributed by atoms with Crippen LogP contribution in [0.2, 0.25) is 0 Å². The third kappa shape index (κ3) is 3.01. The van der Waals surface area contributed by atoms with E-state index in [0.717, 1.165) is 23.5 Å². The molecule has 0 N–H and O–H groups in total. The Kier molecular flexibility index (Phi) is 4.20. The van der Waals surface area contributed by atoms with Crippen molar-refractivity contribution in [1.29, 1.82) is 0 Å². The summed E-state index contributed by atoms with van der Waals surface area (Å²) in [5.74, 6) is 1.72. The lowest BCUT2D eigenvalue weighted by Gasteiger charge is -2.08. The van der Waals surface area contributed by atoms with E-state index in [0.29, 0.717) is 6.61 Å². The predicted octanol–water partition coefficient (Wildman–Crippen LogP) is 2.55. The van der Waals surface area contributed by atoms with Gasteiger partial charge in [0.25, 0.3) is 0 Å². The minimum Gasteiger partial charge on any atom is -0.454 e. The molecule has 1 aromatic carbocycles. The standard InChI is InChI=1S/C14H18O4/c1-3-10(2)12(15)8-16-7-11-4-5-13-14(6-11)18-9-17-13/h4-6,10H,3,7-9H2,1-2H3. The predicted molar refractivity (Wildman–Crippen MR) is 66.7 cm³/mol. The molecule has 4 heteroatoms. The molecule has 0 saturated carbocycles. The zero-order chi connectivity index (χ0) is 13.0. The van der Waals surface area contributed by atoms with E-state index < -0.39 is 0 Å². The minimum atomic E-state index is 0.0711. The van der Waals surface area contributed by atoms with Gasteiger partial charge >= 0.3 is 0 Å². The van der Waals surface area contributed by atoms with Crippen LogP contribution in [0.5, 0.6) is 11.5 Å².